The van der Waals surface area contributed by atoms with Crippen LogP contribution >= 0.6 is 0 Å². The number of carbonyl (C=O) groups excluding carboxylic acids is 1. The summed E-state index contributed by atoms with van der Waals surface area (Å²) in [7, 11) is 0. The van der Waals surface area contributed by atoms with Gasteiger partial charge in [0, 0.05) is 12.1 Å². The number of aryl methyl sites for hydroxylation is 1. The molecule has 0 radical (unpaired) electrons. The molecule has 0 saturated heterocycles. The summed E-state index contributed by atoms with van der Waals surface area (Å²) in [5.41, 5.74) is 6.19. The van der Waals surface area contributed by atoms with E-state index >= 15 is 0 Å². The lowest BCUT2D eigenvalue weighted by Gasteiger charge is -2.03. The van der Waals surface area contributed by atoms with E-state index in [4.69, 9.17) is 5.73 Å². The van der Waals surface area contributed by atoms with Gasteiger partial charge in [-0.25, -0.2) is 4.98 Å². The maximum absolute atomic E-state index is 11.3. The minimum absolute atomic E-state index is 0.0337. The first-order chi connectivity index (χ1) is 6.72. The van der Waals surface area contributed by atoms with Gasteiger partial charge in [0.25, 0.3) is 0 Å². The molecule has 76 valence electrons. The van der Waals surface area contributed by atoms with E-state index in [0.717, 1.165) is 5.69 Å². The zero-order valence-corrected chi connectivity index (χ0v) is 8.29. The Bertz CT molecular complexity index is 312. The number of nitrogens with two attached hydrogens (primary N) is 1. The molecule has 1 aromatic rings. The fourth-order valence-electron chi connectivity index (χ4n) is 1.08. The summed E-state index contributed by atoms with van der Waals surface area (Å²) >= 11 is 0. The molecule has 1 aromatic heterocycles. The van der Waals surface area contributed by atoms with E-state index in [1.165, 1.54) is 0 Å². The lowest BCUT2D eigenvalue weighted by atomic mass is 10.3. The van der Waals surface area contributed by atoms with Gasteiger partial charge >= 0.3 is 0 Å². The average molecular weight is 193 g/mol. The van der Waals surface area contributed by atoms with Crippen LogP contribution in [0.3, 0.4) is 0 Å². The van der Waals surface area contributed by atoms with Gasteiger partial charge in [-0.1, -0.05) is 6.07 Å². The van der Waals surface area contributed by atoms with Gasteiger partial charge in [-0.2, -0.15) is 0 Å². The van der Waals surface area contributed by atoms with Crippen molar-refractivity contribution in [2.45, 2.75) is 19.8 Å². The molecule has 0 spiro atoms. The van der Waals surface area contributed by atoms with Gasteiger partial charge in [-0.15, -0.1) is 0 Å². The van der Waals surface area contributed by atoms with Crippen LogP contribution in [0.15, 0.2) is 18.2 Å². The molecule has 0 fully saturated rings. The number of carbonyl (C=O) groups is 1. The van der Waals surface area contributed by atoms with E-state index in [1.54, 1.807) is 6.07 Å². The van der Waals surface area contributed by atoms with Crippen LogP contribution in [0.2, 0.25) is 0 Å². The van der Waals surface area contributed by atoms with Crippen molar-refractivity contribution < 1.29 is 4.79 Å². The second kappa shape index (κ2) is 5.34. The van der Waals surface area contributed by atoms with E-state index in [0.29, 0.717) is 25.2 Å². The van der Waals surface area contributed by atoms with Gasteiger partial charge < -0.3 is 11.1 Å². The van der Waals surface area contributed by atoms with E-state index in [-0.39, 0.29) is 5.91 Å². The lowest BCUT2D eigenvalue weighted by molar-refractivity contribution is -0.116. The quantitative estimate of drug-likeness (QED) is 0.751. The second-order valence-corrected chi connectivity index (χ2v) is 3.10. The number of nitrogens with one attached hydrogen (secondary N) is 1. The van der Waals surface area contributed by atoms with Crippen molar-refractivity contribution in [2.24, 2.45) is 5.73 Å². The van der Waals surface area contributed by atoms with Gasteiger partial charge in [0.05, 0.1) is 0 Å². The second-order valence-electron chi connectivity index (χ2n) is 3.10. The Kier molecular flexibility index (Phi) is 4.07. The van der Waals surface area contributed by atoms with Crippen molar-refractivity contribution in [1.82, 2.24) is 4.98 Å². The van der Waals surface area contributed by atoms with Crippen LogP contribution in [-0.2, 0) is 4.79 Å². The number of aromatic nitrogens is 1. The molecule has 4 nitrogen and oxygen atoms in total. The van der Waals surface area contributed by atoms with Crippen molar-refractivity contribution >= 4 is 11.7 Å². The zero-order chi connectivity index (χ0) is 10.4. The van der Waals surface area contributed by atoms with Crippen LogP contribution < -0.4 is 11.1 Å². The minimum Gasteiger partial charge on any atom is -0.330 e. The maximum atomic E-state index is 11.3. The van der Waals surface area contributed by atoms with Gasteiger partial charge in [0.15, 0.2) is 0 Å². The summed E-state index contributed by atoms with van der Waals surface area (Å²) < 4.78 is 0. The van der Waals surface area contributed by atoms with Crippen LogP contribution in [0.1, 0.15) is 18.5 Å². The normalized spacial score (nSPS) is 9.86. The van der Waals surface area contributed by atoms with Gasteiger partial charge in [-0.3, -0.25) is 4.79 Å². The van der Waals surface area contributed by atoms with E-state index in [9.17, 15) is 4.79 Å². The molecule has 0 atom stereocenters. The highest BCUT2D eigenvalue weighted by molar-refractivity contribution is 5.89. The van der Waals surface area contributed by atoms with E-state index in [2.05, 4.69) is 10.3 Å². The largest absolute Gasteiger partial charge is 0.330 e. The van der Waals surface area contributed by atoms with Crippen molar-refractivity contribution in [2.75, 3.05) is 11.9 Å². The van der Waals surface area contributed by atoms with Gasteiger partial charge in [0.2, 0.25) is 5.91 Å². The predicted molar refractivity (Wildman–Crippen MR) is 55.9 cm³/mol. The molecular formula is C10H15N3O. The number of hydrogen-bond acceptors (Lipinski definition) is 3. The number of pyridine rings is 1. The van der Waals surface area contributed by atoms with Crippen molar-refractivity contribution in [3.05, 3.63) is 23.9 Å². The molecular weight excluding hydrogens is 178 g/mol. The summed E-state index contributed by atoms with van der Waals surface area (Å²) in [5, 5.41) is 2.71. The van der Waals surface area contributed by atoms with Crippen LogP contribution in [0, 0.1) is 6.92 Å². The number of amides is 1. The SMILES string of the molecule is Cc1cccc(NC(=O)CCCN)n1. The molecule has 1 rings (SSSR count). The highest BCUT2D eigenvalue weighted by Gasteiger charge is 2.01. The zero-order valence-electron chi connectivity index (χ0n) is 8.29. The van der Waals surface area contributed by atoms with Crippen molar-refractivity contribution in [3.63, 3.8) is 0 Å². The Labute approximate surface area is 83.5 Å². The lowest BCUT2D eigenvalue weighted by Crippen LogP contribution is -2.14. The highest BCUT2D eigenvalue weighted by Crippen LogP contribution is 2.04. The first-order valence-electron chi connectivity index (χ1n) is 4.66. The number of anilines is 1. The molecule has 0 saturated carbocycles. The molecule has 1 amide bonds. The highest BCUT2D eigenvalue weighted by atomic mass is 16.1. The maximum Gasteiger partial charge on any atom is 0.225 e. The standard InChI is InChI=1S/C10H15N3O/c1-8-4-2-5-9(12-8)13-10(14)6-3-7-11/h2,4-5H,3,6-7,11H2,1H3,(H,12,13,14). The van der Waals surface area contributed by atoms with Gasteiger partial charge in [0.1, 0.15) is 5.82 Å². The van der Waals surface area contributed by atoms with Crippen LogP contribution in [0.25, 0.3) is 0 Å². The van der Waals surface area contributed by atoms with Crippen LogP contribution in [-0.4, -0.2) is 17.4 Å². The van der Waals surface area contributed by atoms with Crippen LogP contribution in [0.5, 0.6) is 0 Å². The number of hydrogen-bond donors (Lipinski definition) is 2. The molecule has 14 heavy (non-hydrogen) atoms. The van der Waals surface area contributed by atoms with Crippen LogP contribution in [0.4, 0.5) is 5.82 Å². The Balaban J connectivity index is 2.47. The Morgan fingerprint density at radius 1 is 1.57 bits per heavy atom. The Morgan fingerprint density at radius 2 is 2.36 bits per heavy atom. The molecule has 3 N–H and O–H groups in total. The molecule has 0 bridgehead atoms. The third-order valence-corrected chi connectivity index (χ3v) is 1.76. The number of rotatable bonds is 4. The summed E-state index contributed by atoms with van der Waals surface area (Å²) in [6.45, 7) is 2.42. The smallest absolute Gasteiger partial charge is 0.225 e. The number of nitrogens with zero attached hydrogens (tertiary/aromatic N) is 1. The third kappa shape index (κ3) is 3.53. The van der Waals surface area contributed by atoms with Crippen molar-refractivity contribution in [1.29, 1.82) is 0 Å². The Morgan fingerprint density at radius 3 is 3.00 bits per heavy atom. The molecule has 0 aromatic carbocycles. The van der Waals surface area contributed by atoms with E-state index in [1.807, 2.05) is 19.1 Å². The van der Waals surface area contributed by atoms with Crippen molar-refractivity contribution in [3.8, 4) is 0 Å². The summed E-state index contributed by atoms with van der Waals surface area (Å²) in [5.74, 6) is 0.570. The summed E-state index contributed by atoms with van der Waals surface area (Å²) in [4.78, 5) is 15.4. The summed E-state index contributed by atoms with van der Waals surface area (Å²) in [6.07, 6.45) is 1.16. The third-order valence-electron chi connectivity index (χ3n) is 1.76. The van der Waals surface area contributed by atoms with Gasteiger partial charge in [-0.05, 0) is 32.0 Å². The molecule has 4 heteroatoms. The minimum atomic E-state index is -0.0337. The average Bonchev–Trinajstić information content (AvgIpc) is 2.15. The first-order valence-corrected chi connectivity index (χ1v) is 4.66. The summed E-state index contributed by atoms with van der Waals surface area (Å²) in [6, 6.07) is 5.52. The van der Waals surface area contributed by atoms with E-state index < -0.39 is 0 Å². The Hall–Kier alpha value is -1.42. The molecule has 0 unspecified atom stereocenters. The molecule has 0 aliphatic carbocycles. The fraction of sp³-hybridized carbons (Fsp3) is 0.400. The molecule has 1 heterocycles. The fourth-order valence-corrected chi connectivity index (χ4v) is 1.08. The monoisotopic (exact) mass is 193 g/mol. The predicted octanol–water partition coefficient (Wildman–Crippen LogP) is 1.07. The first kappa shape index (κ1) is 10.7. The molecule has 0 aliphatic rings. The topological polar surface area (TPSA) is 68.0 Å². The molecule has 0 aliphatic heterocycles.